The third-order valence-corrected chi connectivity index (χ3v) is 5.11. The summed E-state index contributed by atoms with van der Waals surface area (Å²) in [6.45, 7) is 0. The van der Waals surface area contributed by atoms with Crippen LogP contribution in [0, 0.1) is 11.8 Å². The molecule has 2 saturated carbocycles. The van der Waals surface area contributed by atoms with Crippen LogP contribution >= 0.6 is 0 Å². The lowest BCUT2D eigenvalue weighted by molar-refractivity contribution is -0.0207. The first kappa shape index (κ1) is 11.0. The van der Waals surface area contributed by atoms with Gasteiger partial charge in [0.2, 0.25) is 0 Å². The molecule has 3 nitrogen and oxygen atoms in total. The van der Waals surface area contributed by atoms with Crippen LogP contribution in [0.15, 0.2) is 0 Å². The van der Waals surface area contributed by atoms with E-state index in [-0.39, 0.29) is 12.1 Å². The highest BCUT2D eigenvalue weighted by molar-refractivity contribution is 5.04. The molecule has 92 valence electrons. The molecule has 1 saturated heterocycles. The Morgan fingerprint density at radius 1 is 0.938 bits per heavy atom. The van der Waals surface area contributed by atoms with Crippen LogP contribution in [-0.4, -0.2) is 29.3 Å². The number of aliphatic hydroxyl groups is 1. The van der Waals surface area contributed by atoms with Crippen molar-refractivity contribution >= 4 is 0 Å². The first-order valence-corrected chi connectivity index (χ1v) is 6.97. The van der Waals surface area contributed by atoms with Crippen molar-refractivity contribution in [2.75, 3.05) is 0 Å². The van der Waals surface area contributed by atoms with Crippen LogP contribution in [-0.2, 0) is 0 Å². The molecule has 0 spiro atoms. The minimum Gasteiger partial charge on any atom is -0.393 e. The molecule has 0 aromatic heterocycles. The lowest BCUT2D eigenvalue weighted by Gasteiger charge is -2.52. The topological polar surface area (TPSA) is 58.3 Å². The maximum absolute atomic E-state index is 10.1. The number of hydrogen-bond donors (Lipinski definition) is 3. The highest BCUT2D eigenvalue weighted by atomic mass is 16.3. The predicted molar refractivity (Wildman–Crippen MR) is 64.0 cm³/mol. The minimum absolute atomic E-state index is 0.163. The molecule has 0 amide bonds. The zero-order valence-corrected chi connectivity index (χ0v) is 9.94. The van der Waals surface area contributed by atoms with Crippen molar-refractivity contribution < 1.29 is 5.11 Å². The van der Waals surface area contributed by atoms with Gasteiger partial charge in [-0.05, 0) is 38.0 Å². The van der Waals surface area contributed by atoms with Crippen LogP contribution in [0.25, 0.3) is 0 Å². The second-order valence-corrected chi connectivity index (χ2v) is 5.98. The Labute approximate surface area is 97.8 Å². The van der Waals surface area contributed by atoms with E-state index in [0.29, 0.717) is 23.9 Å². The Bertz CT molecular complexity index is 258. The number of hydrogen-bond acceptors (Lipinski definition) is 3. The number of nitrogens with two attached hydrogens (primary N) is 1. The first-order chi connectivity index (χ1) is 7.77. The van der Waals surface area contributed by atoms with Crippen LogP contribution < -0.4 is 11.1 Å². The van der Waals surface area contributed by atoms with E-state index in [2.05, 4.69) is 5.32 Å². The average molecular weight is 224 g/mol. The summed E-state index contributed by atoms with van der Waals surface area (Å²) in [6, 6.07) is 1.35. The van der Waals surface area contributed by atoms with E-state index in [9.17, 15) is 5.11 Å². The fourth-order valence-electron chi connectivity index (χ4n) is 4.31. The second-order valence-electron chi connectivity index (χ2n) is 5.98. The summed E-state index contributed by atoms with van der Waals surface area (Å²) in [6.07, 6.45) is 8.37. The predicted octanol–water partition coefficient (Wildman–Crippen LogP) is 1.01. The van der Waals surface area contributed by atoms with Gasteiger partial charge in [0, 0.05) is 24.0 Å². The van der Waals surface area contributed by atoms with Crippen LogP contribution in [0.4, 0.5) is 0 Å². The number of piperidine rings is 1. The average Bonchev–Trinajstić information content (AvgIpc) is 2.29. The van der Waals surface area contributed by atoms with Gasteiger partial charge in [0.15, 0.2) is 0 Å². The van der Waals surface area contributed by atoms with Gasteiger partial charge in [0.25, 0.3) is 0 Å². The fraction of sp³-hybridized carbons (Fsp3) is 1.00. The van der Waals surface area contributed by atoms with Crippen molar-refractivity contribution in [3.8, 4) is 0 Å². The summed E-state index contributed by atoms with van der Waals surface area (Å²) in [7, 11) is 0. The van der Waals surface area contributed by atoms with Gasteiger partial charge >= 0.3 is 0 Å². The van der Waals surface area contributed by atoms with Crippen molar-refractivity contribution in [3.63, 3.8) is 0 Å². The number of aliphatic hydroxyl groups excluding tert-OH is 1. The van der Waals surface area contributed by atoms with Crippen molar-refractivity contribution in [2.24, 2.45) is 17.6 Å². The summed E-state index contributed by atoms with van der Waals surface area (Å²) >= 11 is 0. The lowest BCUT2D eigenvalue weighted by Crippen LogP contribution is -2.66. The monoisotopic (exact) mass is 224 g/mol. The van der Waals surface area contributed by atoms with Crippen molar-refractivity contribution in [2.45, 2.75) is 69.2 Å². The molecule has 3 rings (SSSR count). The third kappa shape index (κ3) is 1.69. The van der Waals surface area contributed by atoms with Gasteiger partial charge < -0.3 is 16.2 Å². The highest BCUT2D eigenvalue weighted by Crippen LogP contribution is 2.39. The van der Waals surface area contributed by atoms with E-state index in [0.717, 1.165) is 12.8 Å². The summed E-state index contributed by atoms with van der Waals surface area (Å²) in [5.41, 5.74) is 6.43. The van der Waals surface area contributed by atoms with E-state index >= 15 is 0 Å². The molecule has 1 aliphatic heterocycles. The molecule has 3 heteroatoms. The fourth-order valence-corrected chi connectivity index (χ4v) is 4.31. The molecule has 3 fully saturated rings. The summed E-state index contributed by atoms with van der Waals surface area (Å²) in [5.74, 6) is 0.927. The number of nitrogens with one attached hydrogen (secondary N) is 1. The summed E-state index contributed by atoms with van der Waals surface area (Å²) in [4.78, 5) is 0. The second kappa shape index (κ2) is 4.28. The van der Waals surface area contributed by atoms with E-state index < -0.39 is 0 Å². The maximum atomic E-state index is 10.1. The van der Waals surface area contributed by atoms with Gasteiger partial charge in [-0.1, -0.05) is 12.8 Å². The summed E-state index contributed by atoms with van der Waals surface area (Å²) < 4.78 is 0. The molecule has 3 aliphatic rings. The molecule has 5 unspecified atom stereocenters. The molecule has 0 bridgehead atoms. The van der Waals surface area contributed by atoms with Gasteiger partial charge in [0.05, 0.1) is 6.10 Å². The molecule has 4 N–H and O–H groups in total. The smallest absolute Gasteiger partial charge is 0.0598 e. The quantitative estimate of drug-likeness (QED) is 0.575. The molecule has 0 radical (unpaired) electrons. The van der Waals surface area contributed by atoms with Gasteiger partial charge in [-0.2, -0.15) is 0 Å². The molecule has 2 aliphatic carbocycles. The maximum Gasteiger partial charge on any atom is 0.0598 e. The van der Waals surface area contributed by atoms with Crippen LogP contribution in [0.3, 0.4) is 0 Å². The third-order valence-electron chi connectivity index (χ3n) is 5.11. The molecule has 16 heavy (non-hydrogen) atoms. The van der Waals surface area contributed by atoms with Crippen molar-refractivity contribution in [1.82, 2.24) is 5.32 Å². The largest absolute Gasteiger partial charge is 0.393 e. The first-order valence-electron chi connectivity index (χ1n) is 6.97. The van der Waals surface area contributed by atoms with Crippen molar-refractivity contribution in [1.29, 1.82) is 0 Å². The molecular formula is C13H24N2O. The zero-order valence-electron chi connectivity index (χ0n) is 9.94. The Balaban J connectivity index is 1.79. The Morgan fingerprint density at radius 2 is 1.69 bits per heavy atom. The Kier molecular flexibility index (Phi) is 2.94. The van der Waals surface area contributed by atoms with Crippen LogP contribution in [0.1, 0.15) is 44.9 Å². The number of rotatable bonds is 0. The summed E-state index contributed by atoms with van der Waals surface area (Å²) in [5, 5.41) is 13.9. The van der Waals surface area contributed by atoms with Gasteiger partial charge in [-0.25, -0.2) is 0 Å². The molecule has 0 aromatic rings. The van der Waals surface area contributed by atoms with Gasteiger partial charge in [0.1, 0.15) is 0 Å². The standard InChI is InChI=1S/C13H24N2O/c14-13-8-4-1-2-5-9(8)15-10-6-3-7-11(16)12(10)13/h8-13,15-16H,1-7,14H2/t8?,9?,10?,11-,12?,13?/m1/s1. The lowest BCUT2D eigenvalue weighted by atomic mass is 9.65. The van der Waals surface area contributed by atoms with Crippen LogP contribution in [0.2, 0.25) is 0 Å². The molecule has 0 aromatic carbocycles. The van der Waals surface area contributed by atoms with Crippen LogP contribution in [0.5, 0.6) is 0 Å². The van der Waals surface area contributed by atoms with E-state index in [1.54, 1.807) is 0 Å². The molecule has 1 heterocycles. The zero-order chi connectivity index (χ0) is 11.1. The molecule has 6 atom stereocenters. The Hall–Kier alpha value is -0.120. The molecular weight excluding hydrogens is 200 g/mol. The normalized spacial score (nSPS) is 52.9. The Morgan fingerprint density at radius 3 is 2.56 bits per heavy atom. The number of fused-ring (bicyclic) bond motifs is 2. The van der Waals surface area contributed by atoms with E-state index in [1.165, 1.54) is 32.1 Å². The van der Waals surface area contributed by atoms with E-state index in [1.807, 2.05) is 0 Å². The van der Waals surface area contributed by atoms with Crippen molar-refractivity contribution in [3.05, 3.63) is 0 Å². The minimum atomic E-state index is -0.163. The van der Waals surface area contributed by atoms with E-state index in [4.69, 9.17) is 5.73 Å². The van der Waals surface area contributed by atoms with Gasteiger partial charge in [-0.15, -0.1) is 0 Å². The highest BCUT2D eigenvalue weighted by Gasteiger charge is 2.47. The van der Waals surface area contributed by atoms with Gasteiger partial charge in [-0.3, -0.25) is 0 Å². The SMILES string of the molecule is NC1C2CCCCC2NC2CCC[C@@H](O)C21.